The molecular weight excluding hydrogens is 188 g/mol. The monoisotopic (exact) mass is 202 g/mol. The average molecular weight is 202 g/mol. The van der Waals surface area contributed by atoms with Crippen LogP contribution in [0.25, 0.3) is 11.1 Å². The summed E-state index contributed by atoms with van der Waals surface area (Å²) in [5.74, 6) is 0.541. The predicted octanol–water partition coefficient (Wildman–Crippen LogP) is 1.86. The number of pyridine rings is 1. The van der Waals surface area contributed by atoms with Gasteiger partial charge in [-0.05, 0) is 26.0 Å². The van der Waals surface area contributed by atoms with Crippen molar-refractivity contribution in [2.75, 3.05) is 5.73 Å². The van der Waals surface area contributed by atoms with E-state index in [4.69, 9.17) is 5.73 Å². The highest BCUT2D eigenvalue weighted by atomic mass is 15.3. The van der Waals surface area contributed by atoms with Crippen molar-refractivity contribution in [1.29, 1.82) is 0 Å². The van der Waals surface area contributed by atoms with Gasteiger partial charge in [0.15, 0.2) is 0 Å². The molecule has 0 bridgehead atoms. The van der Waals surface area contributed by atoms with E-state index in [0.717, 1.165) is 23.4 Å². The molecule has 0 spiro atoms. The molecule has 78 valence electrons. The van der Waals surface area contributed by atoms with Crippen molar-refractivity contribution in [3.05, 3.63) is 30.2 Å². The summed E-state index contributed by atoms with van der Waals surface area (Å²) in [7, 11) is 0. The van der Waals surface area contributed by atoms with Crippen LogP contribution in [-0.2, 0) is 6.54 Å². The molecule has 2 heterocycles. The van der Waals surface area contributed by atoms with Gasteiger partial charge < -0.3 is 5.73 Å². The Morgan fingerprint density at radius 2 is 2.13 bits per heavy atom. The molecular formula is C11H14N4. The smallest absolute Gasteiger partial charge is 0.123 e. The van der Waals surface area contributed by atoms with Gasteiger partial charge in [-0.25, -0.2) is 4.98 Å². The maximum absolute atomic E-state index is 5.54. The molecule has 0 atom stereocenters. The highest BCUT2D eigenvalue weighted by Gasteiger charge is 2.07. The molecule has 2 rings (SSSR count). The molecule has 0 radical (unpaired) electrons. The maximum atomic E-state index is 5.54. The van der Waals surface area contributed by atoms with E-state index in [1.807, 2.05) is 16.9 Å². The third-order valence-corrected chi connectivity index (χ3v) is 2.50. The zero-order valence-electron chi connectivity index (χ0n) is 8.94. The van der Waals surface area contributed by atoms with Crippen molar-refractivity contribution in [2.24, 2.45) is 0 Å². The predicted molar refractivity (Wildman–Crippen MR) is 60.3 cm³/mol. The van der Waals surface area contributed by atoms with Crippen molar-refractivity contribution >= 4 is 5.82 Å². The summed E-state index contributed by atoms with van der Waals surface area (Å²) in [6, 6.07) is 3.77. The topological polar surface area (TPSA) is 56.7 Å². The lowest BCUT2D eigenvalue weighted by atomic mass is 10.1. The first-order chi connectivity index (χ1) is 7.22. The van der Waals surface area contributed by atoms with E-state index < -0.39 is 0 Å². The molecule has 0 saturated carbocycles. The van der Waals surface area contributed by atoms with Crippen LogP contribution in [0, 0.1) is 6.92 Å². The van der Waals surface area contributed by atoms with E-state index in [1.165, 1.54) is 0 Å². The van der Waals surface area contributed by atoms with Crippen LogP contribution in [-0.4, -0.2) is 14.8 Å². The lowest BCUT2D eigenvalue weighted by Gasteiger charge is -2.02. The zero-order chi connectivity index (χ0) is 10.8. The Hall–Kier alpha value is -1.84. The molecule has 0 aliphatic rings. The quantitative estimate of drug-likeness (QED) is 0.808. The Balaban J connectivity index is 2.45. The number of aromatic nitrogens is 3. The van der Waals surface area contributed by atoms with Gasteiger partial charge in [-0.15, -0.1) is 0 Å². The fourth-order valence-electron chi connectivity index (χ4n) is 1.61. The van der Waals surface area contributed by atoms with Crippen LogP contribution in [0.15, 0.2) is 24.5 Å². The second-order valence-electron chi connectivity index (χ2n) is 3.43. The largest absolute Gasteiger partial charge is 0.384 e. The Labute approximate surface area is 88.8 Å². The van der Waals surface area contributed by atoms with Gasteiger partial charge >= 0.3 is 0 Å². The molecule has 2 aromatic rings. The molecule has 0 amide bonds. The van der Waals surface area contributed by atoms with Gasteiger partial charge in [-0.1, -0.05) is 0 Å². The molecule has 2 N–H and O–H groups in total. The second-order valence-corrected chi connectivity index (χ2v) is 3.43. The van der Waals surface area contributed by atoms with Crippen LogP contribution in [0.2, 0.25) is 0 Å². The van der Waals surface area contributed by atoms with Gasteiger partial charge in [0.05, 0.1) is 6.20 Å². The summed E-state index contributed by atoms with van der Waals surface area (Å²) in [4.78, 5) is 4.07. The Bertz CT molecular complexity index is 456. The molecule has 0 aliphatic heterocycles. The van der Waals surface area contributed by atoms with Gasteiger partial charge in [0, 0.05) is 29.6 Å². The third kappa shape index (κ3) is 1.70. The van der Waals surface area contributed by atoms with Crippen molar-refractivity contribution < 1.29 is 0 Å². The fraction of sp³-hybridized carbons (Fsp3) is 0.273. The second kappa shape index (κ2) is 3.73. The molecule has 0 fully saturated rings. The number of nitrogen functional groups attached to an aromatic ring is 1. The van der Waals surface area contributed by atoms with E-state index in [9.17, 15) is 0 Å². The average Bonchev–Trinajstić information content (AvgIpc) is 2.61. The standard InChI is InChI=1S/C11H14N4/c1-3-15-8(2)10(7-14-15)9-4-5-11(12)13-6-9/h4-7H,3H2,1-2H3,(H2,12,13). The van der Waals surface area contributed by atoms with Crippen LogP contribution in [0.3, 0.4) is 0 Å². The summed E-state index contributed by atoms with van der Waals surface area (Å²) in [6.45, 7) is 5.02. The van der Waals surface area contributed by atoms with Crippen LogP contribution < -0.4 is 5.73 Å². The van der Waals surface area contributed by atoms with Crippen LogP contribution in [0.5, 0.6) is 0 Å². The first kappa shape index (κ1) is 9.71. The number of aryl methyl sites for hydroxylation is 1. The highest BCUT2D eigenvalue weighted by molar-refractivity contribution is 5.65. The van der Waals surface area contributed by atoms with Crippen LogP contribution >= 0.6 is 0 Å². The van der Waals surface area contributed by atoms with Gasteiger partial charge in [-0.3, -0.25) is 4.68 Å². The van der Waals surface area contributed by atoms with E-state index in [2.05, 4.69) is 23.9 Å². The van der Waals surface area contributed by atoms with Crippen molar-refractivity contribution in [2.45, 2.75) is 20.4 Å². The molecule has 0 unspecified atom stereocenters. The lowest BCUT2D eigenvalue weighted by Crippen LogP contribution is -1.98. The fourth-order valence-corrected chi connectivity index (χ4v) is 1.61. The lowest BCUT2D eigenvalue weighted by molar-refractivity contribution is 0.640. The van der Waals surface area contributed by atoms with E-state index in [0.29, 0.717) is 5.82 Å². The van der Waals surface area contributed by atoms with E-state index >= 15 is 0 Å². The molecule has 4 nitrogen and oxygen atoms in total. The van der Waals surface area contributed by atoms with Crippen molar-refractivity contribution in [3.63, 3.8) is 0 Å². The van der Waals surface area contributed by atoms with Crippen LogP contribution in [0.4, 0.5) is 5.82 Å². The first-order valence-corrected chi connectivity index (χ1v) is 4.96. The van der Waals surface area contributed by atoms with Gasteiger partial charge in [0.25, 0.3) is 0 Å². The number of anilines is 1. The molecule has 4 heteroatoms. The summed E-state index contributed by atoms with van der Waals surface area (Å²) in [5.41, 5.74) is 8.87. The summed E-state index contributed by atoms with van der Waals surface area (Å²) in [6.07, 6.45) is 3.64. The van der Waals surface area contributed by atoms with Gasteiger partial charge in [-0.2, -0.15) is 5.10 Å². The van der Waals surface area contributed by atoms with Gasteiger partial charge in [0.2, 0.25) is 0 Å². The Kier molecular flexibility index (Phi) is 2.41. The van der Waals surface area contributed by atoms with Crippen molar-refractivity contribution in [1.82, 2.24) is 14.8 Å². The number of hydrogen-bond donors (Lipinski definition) is 1. The maximum Gasteiger partial charge on any atom is 0.123 e. The Morgan fingerprint density at radius 1 is 1.33 bits per heavy atom. The highest BCUT2D eigenvalue weighted by Crippen LogP contribution is 2.22. The first-order valence-electron chi connectivity index (χ1n) is 4.96. The summed E-state index contributed by atoms with van der Waals surface area (Å²) < 4.78 is 1.96. The normalized spacial score (nSPS) is 10.5. The zero-order valence-corrected chi connectivity index (χ0v) is 8.94. The van der Waals surface area contributed by atoms with Crippen LogP contribution in [0.1, 0.15) is 12.6 Å². The molecule has 0 aromatic carbocycles. The summed E-state index contributed by atoms with van der Waals surface area (Å²) >= 11 is 0. The van der Waals surface area contributed by atoms with E-state index in [1.54, 1.807) is 12.3 Å². The number of nitrogens with two attached hydrogens (primary N) is 1. The van der Waals surface area contributed by atoms with E-state index in [-0.39, 0.29) is 0 Å². The Morgan fingerprint density at radius 3 is 2.67 bits per heavy atom. The summed E-state index contributed by atoms with van der Waals surface area (Å²) in [5, 5.41) is 4.29. The molecule has 0 aliphatic carbocycles. The minimum Gasteiger partial charge on any atom is -0.384 e. The third-order valence-electron chi connectivity index (χ3n) is 2.50. The van der Waals surface area contributed by atoms with Crippen molar-refractivity contribution in [3.8, 4) is 11.1 Å². The minimum atomic E-state index is 0.541. The number of nitrogens with zero attached hydrogens (tertiary/aromatic N) is 3. The molecule has 2 aromatic heterocycles. The minimum absolute atomic E-state index is 0.541. The molecule has 0 saturated heterocycles. The SMILES string of the molecule is CCn1ncc(-c2ccc(N)nc2)c1C. The number of hydrogen-bond acceptors (Lipinski definition) is 3. The van der Waals surface area contributed by atoms with Gasteiger partial charge in [0.1, 0.15) is 5.82 Å². The molecule has 15 heavy (non-hydrogen) atoms. The number of rotatable bonds is 2.